The average Bonchev–Trinajstić information content (AvgIpc) is 2.75. The molecule has 3 rings (SSSR count). The summed E-state index contributed by atoms with van der Waals surface area (Å²) < 4.78 is 10.8. The first-order valence-electron chi connectivity index (χ1n) is 9.62. The Labute approximate surface area is 171 Å². The van der Waals surface area contributed by atoms with Gasteiger partial charge in [0, 0.05) is 24.5 Å². The molecule has 150 valence electrons. The van der Waals surface area contributed by atoms with Gasteiger partial charge in [-0.05, 0) is 36.8 Å². The fraction of sp³-hybridized carbons (Fsp3) is 0.409. The van der Waals surface area contributed by atoms with E-state index in [2.05, 4.69) is 22.3 Å². The van der Waals surface area contributed by atoms with Crippen molar-refractivity contribution in [3.63, 3.8) is 0 Å². The molecule has 1 saturated heterocycles. The number of morpholine rings is 1. The quantitative estimate of drug-likeness (QED) is 0.689. The van der Waals surface area contributed by atoms with Gasteiger partial charge in [-0.25, -0.2) is 0 Å². The number of hydrogen-bond donors (Lipinski definition) is 1. The van der Waals surface area contributed by atoms with Crippen LogP contribution in [0.15, 0.2) is 59.5 Å². The van der Waals surface area contributed by atoms with Gasteiger partial charge in [0.15, 0.2) is 0 Å². The van der Waals surface area contributed by atoms with Crippen molar-refractivity contribution in [1.82, 2.24) is 10.2 Å². The zero-order valence-corrected chi connectivity index (χ0v) is 17.3. The molecule has 5 nitrogen and oxygen atoms in total. The fourth-order valence-corrected chi connectivity index (χ4v) is 4.18. The molecule has 1 fully saturated rings. The van der Waals surface area contributed by atoms with Crippen LogP contribution < -0.4 is 10.1 Å². The van der Waals surface area contributed by atoms with Crippen molar-refractivity contribution in [2.75, 3.05) is 40.0 Å². The van der Waals surface area contributed by atoms with Crippen LogP contribution in [-0.2, 0) is 9.53 Å². The summed E-state index contributed by atoms with van der Waals surface area (Å²) in [5, 5.41) is 3.00. The summed E-state index contributed by atoms with van der Waals surface area (Å²) in [5.41, 5.74) is 1.17. The molecule has 6 heteroatoms. The summed E-state index contributed by atoms with van der Waals surface area (Å²) in [7, 11) is 1.67. The van der Waals surface area contributed by atoms with Crippen LogP contribution in [0.1, 0.15) is 18.5 Å². The van der Waals surface area contributed by atoms with Gasteiger partial charge in [-0.3, -0.25) is 9.69 Å². The summed E-state index contributed by atoms with van der Waals surface area (Å²) in [6.07, 6.45) is 0. The Morgan fingerprint density at radius 1 is 1.14 bits per heavy atom. The lowest BCUT2D eigenvalue weighted by atomic mass is 10.0. The molecule has 2 atom stereocenters. The standard InChI is InChI=1S/C22H28N2O3S/c1-17(28-20-6-4-3-5-7-20)22(25)23-16-21(24-12-14-27-15-13-24)18-8-10-19(26-2)11-9-18/h3-11,17,21H,12-16H2,1-2H3,(H,23,25)/t17-,21-/m1/s1. The Kier molecular flexibility index (Phi) is 7.77. The van der Waals surface area contributed by atoms with Gasteiger partial charge in [-0.2, -0.15) is 0 Å². The van der Waals surface area contributed by atoms with Crippen molar-refractivity contribution in [3.05, 3.63) is 60.2 Å². The van der Waals surface area contributed by atoms with Gasteiger partial charge < -0.3 is 14.8 Å². The van der Waals surface area contributed by atoms with E-state index in [1.54, 1.807) is 18.9 Å². The Morgan fingerprint density at radius 2 is 1.82 bits per heavy atom. The molecule has 0 radical (unpaired) electrons. The van der Waals surface area contributed by atoms with Crippen LogP contribution in [-0.4, -0.2) is 56.0 Å². The summed E-state index contributed by atoms with van der Waals surface area (Å²) in [6, 6.07) is 18.2. The number of nitrogens with zero attached hydrogens (tertiary/aromatic N) is 1. The molecule has 0 aliphatic carbocycles. The molecule has 0 spiro atoms. The van der Waals surface area contributed by atoms with E-state index in [0.717, 1.165) is 36.9 Å². The summed E-state index contributed by atoms with van der Waals surface area (Å²) >= 11 is 1.58. The largest absolute Gasteiger partial charge is 0.497 e. The lowest BCUT2D eigenvalue weighted by molar-refractivity contribution is -0.120. The Hall–Kier alpha value is -2.02. The first-order valence-corrected chi connectivity index (χ1v) is 10.5. The van der Waals surface area contributed by atoms with Gasteiger partial charge >= 0.3 is 0 Å². The van der Waals surface area contributed by atoms with Crippen LogP contribution in [0.2, 0.25) is 0 Å². The van der Waals surface area contributed by atoms with E-state index in [1.807, 2.05) is 49.4 Å². The molecule has 0 bridgehead atoms. The lowest BCUT2D eigenvalue weighted by Gasteiger charge is -2.35. The van der Waals surface area contributed by atoms with Crippen LogP contribution in [0.5, 0.6) is 5.75 Å². The molecule has 28 heavy (non-hydrogen) atoms. The number of ether oxygens (including phenoxy) is 2. The number of hydrogen-bond acceptors (Lipinski definition) is 5. The van der Waals surface area contributed by atoms with E-state index in [1.165, 1.54) is 5.56 Å². The van der Waals surface area contributed by atoms with Crippen molar-refractivity contribution >= 4 is 17.7 Å². The summed E-state index contributed by atoms with van der Waals surface area (Å²) in [4.78, 5) is 16.1. The van der Waals surface area contributed by atoms with Crippen LogP contribution in [0.4, 0.5) is 0 Å². The van der Waals surface area contributed by atoms with Crippen LogP contribution in [0.3, 0.4) is 0 Å². The van der Waals surface area contributed by atoms with E-state index in [9.17, 15) is 4.79 Å². The zero-order chi connectivity index (χ0) is 19.8. The highest BCUT2D eigenvalue weighted by Gasteiger charge is 2.24. The maximum Gasteiger partial charge on any atom is 0.233 e. The second-order valence-corrected chi connectivity index (χ2v) is 8.17. The molecule has 1 heterocycles. The zero-order valence-electron chi connectivity index (χ0n) is 16.5. The van der Waals surface area contributed by atoms with E-state index in [0.29, 0.717) is 6.54 Å². The third-order valence-electron chi connectivity index (χ3n) is 4.88. The average molecular weight is 401 g/mol. The topological polar surface area (TPSA) is 50.8 Å². The fourth-order valence-electron chi connectivity index (χ4n) is 3.27. The summed E-state index contributed by atoms with van der Waals surface area (Å²) in [5.74, 6) is 0.891. The molecule has 2 aromatic rings. The third kappa shape index (κ3) is 5.74. The molecular formula is C22H28N2O3S. The highest BCUT2D eigenvalue weighted by molar-refractivity contribution is 8.00. The van der Waals surface area contributed by atoms with Crippen molar-refractivity contribution in [3.8, 4) is 5.75 Å². The molecule has 1 aliphatic heterocycles. The smallest absolute Gasteiger partial charge is 0.233 e. The van der Waals surface area contributed by atoms with Gasteiger partial charge in [0.05, 0.1) is 31.6 Å². The number of amides is 1. The Bertz CT molecular complexity index is 733. The molecule has 0 aromatic heterocycles. The normalized spacial score (nSPS) is 16.9. The highest BCUT2D eigenvalue weighted by atomic mass is 32.2. The molecule has 2 aromatic carbocycles. The maximum absolute atomic E-state index is 12.7. The van der Waals surface area contributed by atoms with Crippen molar-refractivity contribution < 1.29 is 14.3 Å². The summed E-state index contributed by atoms with van der Waals surface area (Å²) in [6.45, 7) is 5.69. The minimum absolute atomic E-state index is 0.0561. The van der Waals surface area contributed by atoms with Crippen LogP contribution >= 0.6 is 11.8 Å². The maximum atomic E-state index is 12.7. The minimum Gasteiger partial charge on any atom is -0.497 e. The van der Waals surface area contributed by atoms with Crippen molar-refractivity contribution in [2.45, 2.75) is 23.1 Å². The third-order valence-corrected chi connectivity index (χ3v) is 5.99. The number of carbonyl (C=O) groups is 1. The van der Waals surface area contributed by atoms with E-state index in [4.69, 9.17) is 9.47 Å². The van der Waals surface area contributed by atoms with Gasteiger partial charge in [0.25, 0.3) is 0 Å². The van der Waals surface area contributed by atoms with E-state index < -0.39 is 0 Å². The van der Waals surface area contributed by atoms with E-state index in [-0.39, 0.29) is 17.2 Å². The molecule has 0 saturated carbocycles. The molecule has 1 aliphatic rings. The number of nitrogens with one attached hydrogen (secondary N) is 1. The highest BCUT2D eigenvalue weighted by Crippen LogP contribution is 2.25. The van der Waals surface area contributed by atoms with Gasteiger partial charge in [-0.1, -0.05) is 30.3 Å². The number of rotatable bonds is 8. The predicted octanol–water partition coefficient (Wildman–Crippen LogP) is 3.37. The van der Waals surface area contributed by atoms with Crippen molar-refractivity contribution in [1.29, 1.82) is 0 Å². The lowest BCUT2D eigenvalue weighted by Crippen LogP contribution is -2.44. The minimum atomic E-state index is -0.149. The SMILES string of the molecule is COc1ccc([C@@H](CNC(=O)[C@@H](C)Sc2ccccc2)N2CCOCC2)cc1. The van der Waals surface area contributed by atoms with Crippen molar-refractivity contribution in [2.24, 2.45) is 0 Å². The second-order valence-electron chi connectivity index (χ2n) is 6.76. The Morgan fingerprint density at radius 3 is 2.46 bits per heavy atom. The first-order chi connectivity index (χ1) is 13.7. The molecule has 0 unspecified atom stereocenters. The molecule has 1 N–H and O–H groups in total. The van der Waals surface area contributed by atoms with Crippen LogP contribution in [0.25, 0.3) is 0 Å². The molecular weight excluding hydrogens is 372 g/mol. The van der Waals surface area contributed by atoms with Crippen LogP contribution in [0, 0.1) is 0 Å². The number of carbonyl (C=O) groups excluding carboxylic acids is 1. The monoisotopic (exact) mass is 400 g/mol. The Balaban J connectivity index is 1.63. The molecule has 1 amide bonds. The van der Waals surface area contributed by atoms with Gasteiger partial charge in [-0.15, -0.1) is 11.8 Å². The predicted molar refractivity (Wildman–Crippen MR) is 113 cm³/mol. The number of thioether (sulfide) groups is 1. The second kappa shape index (κ2) is 10.5. The number of methoxy groups -OCH3 is 1. The van der Waals surface area contributed by atoms with E-state index >= 15 is 0 Å². The first kappa shape index (κ1) is 20.7. The number of benzene rings is 2. The van der Waals surface area contributed by atoms with Gasteiger partial charge in [0.2, 0.25) is 5.91 Å². The van der Waals surface area contributed by atoms with Gasteiger partial charge in [0.1, 0.15) is 5.75 Å².